The molecule has 0 unspecified atom stereocenters. The first kappa shape index (κ1) is 9.98. The fraction of sp³-hybridized carbons (Fsp3) is 0.375. The van der Waals surface area contributed by atoms with Gasteiger partial charge in [-0.3, -0.25) is 0 Å². The summed E-state index contributed by atoms with van der Waals surface area (Å²) in [7, 11) is -3.23. The van der Waals surface area contributed by atoms with E-state index in [0.29, 0.717) is 5.69 Å². The lowest BCUT2D eigenvalue weighted by Gasteiger charge is -2.03. The lowest BCUT2D eigenvalue weighted by Crippen LogP contribution is -2.07. The first-order valence-electron chi connectivity index (χ1n) is 3.92. The Balaban J connectivity index is 3.27. The molecule has 0 aromatic carbocycles. The molecule has 1 aromatic heterocycles. The normalized spacial score (nSPS) is 11.5. The summed E-state index contributed by atoms with van der Waals surface area (Å²) in [4.78, 5) is 3.81. The van der Waals surface area contributed by atoms with E-state index in [-0.39, 0.29) is 10.8 Å². The summed E-state index contributed by atoms with van der Waals surface area (Å²) in [5.74, 6) is 0.0441. The van der Waals surface area contributed by atoms with Crippen molar-refractivity contribution in [3.8, 4) is 0 Å². The smallest absolute Gasteiger partial charge is 0.195 e. The van der Waals surface area contributed by atoms with Crippen LogP contribution in [0.4, 0.5) is 5.69 Å². The number of aromatic nitrogens is 1. The Morgan fingerprint density at radius 2 is 2.15 bits per heavy atom. The molecule has 0 saturated carbocycles. The Bertz CT molecular complexity index is 412. The number of sulfone groups is 1. The summed E-state index contributed by atoms with van der Waals surface area (Å²) in [6.45, 7) is 3.36. The molecule has 72 valence electrons. The van der Waals surface area contributed by atoms with Crippen molar-refractivity contribution in [2.45, 2.75) is 18.9 Å². The highest BCUT2D eigenvalue weighted by Gasteiger charge is 2.13. The maximum Gasteiger partial charge on any atom is 0.195 e. The van der Waals surface area contributed by atoms with E-state index >= 15 is 0 Å². The van der Waals surface area contributed by atoms with Crippen LogP contribution in [-0.2, 0) is 9.84 Å². The van der Waals surface area contributed by atoms with Crippen molar-refractivity contribution in [2.24, 2.45) is 0 Å². The second kappa shape index (κ2) is 3.33. The van der Waals surface area contributed by atoms with Gasteiger partial charge >= 0.3 is 0 Å². The summed E-state index contributed by atoms with van der Waals surface area (Å²) < 4.78 is 22.7. The zero-order valence-corrected chi connectivity index (χ0v) is 8.43. The number of hydrogen-bond donors (Lipinski definition) is 1. The van der Waals surface area contributed by atoms with E-state index < -0.39 is 9.84 Å². The Kier molecular flexibility index (Phi) is 2.56. The molecule has 0 saturated heterocycles. The minimum absolute atomic E-state index is 0.0441. The molecule has 0 spiro atoms. The number of nitrogen functional groups attached to an aromatic ring is 1. The van der Waals surface area contributed by atoms with Crippen LogP contribution in [0.3, 0.4) is 0 Å². The fourth-order valence-electron chi connectivity index (χ4n) is 0.837. The van der Waals surface area contributed by atoms with Crippen molar-refractivity contribution in [1.29, 1.82) is 0 Å². The van der Waals surface area contributed by atoms with Gasteiger partial charge in [0.25, 0.3) is 0 Å². The third-order valence-corrected chi connectivity index (χ3v) is 3.44. The van der Waals surface area contributed by atoms with Crippen LogP contribution in [0.2, 0.25) is 0 Å². The Hall–Kier alpha value is -1.10. The summed E-state index contributed by atoms with van der Waals surface area (Å²) in [6.07, 6.45) is 1.47. The molecule has 0 bridgehead atoms. The van der Waals surface area contributed by atoms with Crippen LogP contribution >= 0.6 is 0 Å². The van der Waals surface area contributed by atoms with Crippen LogP contribution in [0.25, 0.3) is 0 Å². The molecule has 2 N–H and O–H groups in total. The van der Waals surface area contributed by atoms with E-state index in [1.54, 1.807) is 13.8 Å². The molecule has 4 nitrogen and oxygen atoms in total. The molecule has 0 radical (unpaired) electrons. The molecule has 0 aliphatic heterocycles. The molecular weight excluding hydrogens is 188 g/mol. The van der Waals surface area contributed by atoms with Gasteiger partial charge in [-0.1, -0.05) is 6.92 Å². The van der Waals surface area contributed by atoms with Gasteiger partial charge in [-0.2, -0.15) is 0 Å². The number of nitrogens with two attached hydrogens (primary N) is 1. The molecule has 5 heteroatoms. The van der Waals surface area contributed by atoms with Gasteiger partial charge in [-0.05, 0) is 18.6 Å². The highest BCUT2D eigenvalue weighted by Crippen LogP contribution is 2.14. The molecule has 1 aromatic rings. The lowest BCUT2D eigenvalue weighted by atomic mass is 10.3. The molecule has 0 aliphatic carbocycles. The molecule has 0 fully saturated rings. The lowest BCUT2D eigenvalue weighted by molar-refractivity contribution is 0.593. The second-order valence-electron chi connectivity index (χ2n) is 2.78. The summed E-state index contributed by atoms with van der Waals surface area (Å²) in [5.41, 5.74) is 6.81. The molecule has 13 heavy (non-hydrogen) atoms. The van der Waals surface area contributed by atoms with Crippen molar-refractivity contribution < 1.29 is 8.42 Å². The standard InChI is InChI=1S/C8H12N2O2S/c1-3-13(11,12)8-4-7(9)6(2)5-10-8/h4-5H,3H2,1-2H3,(H2,9,10). The highest BCUT2D eigenvalue weighted by molar-refractivity contribution is 7.91. The van der Waals surface area contributed by atoms with Crippen LogP contribution in [0.5, 0.6) is 0 Å². The molecule has 0 atom stereocenters. The fourth-order valence-corrected chi connectivity index (χ4v) is 1.65. The van der Waals surface area contributed by atoms with Crippen molar-refractivity contribution in [3.63, 3.8) is 0 Å². The maximum atomic E-state index is 11.3. The van der Waals surface area contributed by atoms with Crippen molar-refractivity contribution >= 4 is 15.5 Å². The molecular formula is C8H12N2O2S. The molecule has 0 amide bonds. The first-order valence-corrected chi connectivity index (χ1v) is 5.57. The Morgan fingerprint density at radius 3 is 2.62 bits per heavy atom. The van der Waals surface area contributed by atoms with Crippen LogP contribution in [0.15, 0.2) is 17.3 Å². The van der Waals surface area contributed by atoms with E-state index in [1.165, 1.54) is 12.3 Å². The van der Waals surface area contributed by atoms with E-state index in [2.05, 4.69) is 4.98 Å². The first-order chi connectivity index (χ1) is 5.97. The van der Waals surface area contributed by atoms with E-state index in [4.69, 9.17) is 5.73 Å². The molecule has 1 rings (SSSR count). The van der Waals surface area contributed by atoms with Crippen LogP contribution in [0.1, 0.15) is 12.5 Å². The Morgan fingerprint density at radius 1 is 1.54 bits per heavy atom. The number of aryl methyl sites for hydroxylation is 1. The molecule has 1 heterocycles. The van der Waals surface area contributed by atoms with Crippen LogP contribution < -0.4 is 5.73 Å². The predicted molar refractivity (Wildman–Crippen MR) is 51.1 cm³/mol. The van der Waals surface area contributed by atoms with Gasteiger partial charge < -0.3 is 5.73 Å². The minimum Gasteiger partial charge on any atom is -0.398 e. The number of anilines is 1. The average Bonchev–Trinajstić information content (AvgIpc) is 2.09. The number of rotatable bonds is 2. The van der Waals surface area contributed by atoms with E-state index in [9.17, 15) is 8.42 Å². The van der Waals surface area contributed by atoms with Crippen molar-refractivity contribution in [1.82, 2.24) is 4.98 Å². The van der Waals surface area contributed by atoms with Gasteiger partial charge in [0.1, 0.15) is 0 Å². The number of hydrogen-bond acceptors (Lipinski definition) is 4. The third-order valence-electron chi connectivity index (χ3n) is 1.82. The van der Waals surface area contributed by atoms with Crippen molar-refractivity contribution in [2.75, 3.05) is 11.5 Å². The quantitative estimate of drug-likeness (QED) is 0.765. The largest absolute Gasteiger partial charge is 0.398 e. The van der Waals surface area contributed by atoms with Gasteiger partial charge in [0.2, 0.25) is 0 Å². The SMILES string of the molecule is CCS(=O)(=O)c1cc(N)c(C)cn1. The third kappa shape index (κ3) is 1.98. The average molecular weight is 200 g/mol. The van der Waals surface area contributed by atoms with Crippen LogP contribution in [0, 0.1) is 6.92 Å². The number of nitrogens with zero attached hydrogens (tertiary/aromatic N) is 1. The zero-order valence-electron chi connectivity index (χ0n) is 7.61. The Labute approximate surface area is 77.7 Å². The minimum atomic E-state index is -3.23. The van der Waals surface area contributed by atoms with Gasteiger partial charge in [0.05, 0.1) is 5.75 Å². The monoisotopic (exact) mass is 200 g/mol. The predicted octanol–water partition coefficient (Wildman–Crippen LogP) is 0.766. The topological polar surface area (TPSA) is 73.0 Å². The van der Waals surface area contributed by atoms with Gasteiger partial charge in [0.15, 0.2) is 14.9 Å². The highest BCUT2D eigenvalue weighted by atomic mass is 32.2. The summed E-state index contributed by atoms with van der Waals surface area (Å²) in [6, 6.07) is 1.40. The van der Waals surface area contributed by atoms with E-state index in [1.807, 2.05) is 0 Å². The summed E-state index contributed by atoms with van der Waals surface area (Å²) in [5, 5.41) is 0.0538. The number of pyridine rings is 1. The maximum absolute atomic E-state index is 11.3. The van der Waals surface area contributed by atoms with E-state index in [0.717, 1.165) is 5.56 Å². The van der Waals surface area contributed by atoms with Gasteiger partial charge in [0, 0.05) is 11.9 Å². The van der Waals surface area contributed by atoms with Gasteiger partial charge in [-0.15, -0.1) is 0 Å². The van der Waals surface area contributed by atoms with Crippen LogP contribution in [-0.4, -0.2) is 19.2 Å². The van der Waals surface area contributed by atoms with Crippen molar-refractivity contribution in [3.05, 3.63) is 17.8 Å². The zero-order chi connectivity index (χ0) is 10.1. The summed E-state index contributed by atoms with van der Waals surface area (Å²) >= 11 is 0. The van der Waals surface area contributed by atoms with Gasteiger partial charge in [-0.25, -0.2) is 13.4 Å². The molecule has 0 aliphatic rings. The second-order valence-corrected chi connectivity index (χ2v) is 5.01.